The Hall–Kier alpha value is -2.16. The number of amides is 1. The molecule has 0 aliphatic carbocycles. The summed E-state index contributed by atoms with van der Waals surface area (Å²) < 4.78 is 0. The molecule has 1 aromatic carbocycles. The molecule has 3 heteroatoms. The lowest BCUT2D eigenvalue weighted by Crippen LogP contribution is -2.14. The molecule has 98 valence electrons. The molecule has 0 unspecified atom stereocenters. The van der Waals surface area contributed by atoms with Crippen LogP contribution in [0.1, 0.15) is 23.7 Å². The Morgan fingerprint density at radius 1 is 1.21 bits per heavy atom. The average Bonchev–Trinajstić information content (AvgIpc) is 2.41. The number of hydrogen-bond acceptors (Lipinski definition) is 2. The molecule has 0 radical (unpaired) electrons. The van der Waals surface area contributed by atoms with Gasteiger partial charge in [-0.2, -0.15) is 0 Å². The van der Waals surface area contributed by atoms with Crippen LogP contribution in [0.4, 0.5) is 5.69 Å². The van der Waals surface area contributed by atoms with Crippen molar-refractivity contribution in [1.29, 1.82) is 0 Å². The number of aryl methyl sites for hydroxylation is 2. The molecule has 3 nitrogen and oxygen atoms in total. The van der Waals surface area contributed by atoms with Crippen LogP contribution in [0.5, 0.6) is 0 Å². The first kappa shape index (κ1) is 13.3. The normalized spacial score (nSPS) is 10.2. The first-order chi connectivity index (χ1) is 9.17. The van der Waals surface area contributed by atoms with Crippen LogP contribution in [0.25, 0.3) is 0 Å². The largest absolute Gasteiger partial charge is 0.326 e. The number of nitrogens with one attached hydrogen (secondary N) is 1. The first-order valence-corrected chi connectivity index (χ1v) is 6.47. The summed E-state index contributed by atoms with van der Waals surface area (Å²) in [4.78, 5) is 16.1. The maximum Gasteiger partial charge on any atom is 0.228 e. The SMILES string of the molecule is CCc1cccc(NC(=O)Cc2ccc(C)nc2)c1. The molecule has 0 saturated heterocycles. The van der Waals surface area contributed by atoms with E-state index in [1.165, 1.54) is 5.56 Å². The molecule has 1 heterocycles. The molecule has 1 amide bonds. The number of benzene rings is 1. The molecular formula is C16H18N2O. The van der Waals surface area contributed by atoms with Gasteiger partial charge in [0.15, 0.2) is 0 Å². The lowest BCUT2D eigenvalue weighted by molar-refractivity contribution is -0.115. The Kier molecular flexibility index (Phi) is 4.29. The van der Waals surface area contributed by atoms with Gasteiger partial charge in [0.05, 0.1) is 6.42 Å². The zero-order valence-electron chi connectivity index (χ0n) is 11.3. The molecule has 0 atom stereocenters. The number of rotatable bonds is 4. The van der Waals surface area contributed by atoms with Crippen molar-refractivity contribution in [1.82, 2.24) is 4.98 Å². The van der Waals surface area contributed by atoms with Gasteiger partial charge in [-0.05, 0) is 42.7 Å². The van der Waals surface area contributed by atoms with Crippen LogP contribution in [-0.4, -0.2) is 10.9 Å². The van der Waals surface area contributed by atoms with Crippen LogP contribution in [0, 0.1) is 6.92 Å². The van der Waals surface area contributed by atoms with Crippen molar-refractivity contribution in [3.63, 3.8) is 0 Å². The summed E-state index contributed by atoms with van der Waals surface area (Å²) in [5.41, 5.74) is 3.95. The van der Waals surface area contributed by atoms with E-state index in [9.17, 15) is 4.79 Å². The lowest BCUT2D eigenvalue weighted by Gasteiger charge is -2.06. The topological polar surface area (TPSA) is 42.0 Å². The van der Waals surface area contributed by atoms with Crippen molar-refractivity contribution in [2.45, 2.75) is 26.7 Å². The quantitative estimate of drug-likeness (QED) is 0.910. The van der Waals surface area contributed by atoms with E-state index in [1.54, 1.807) is 6.20 Å². The fourth-order valence-electron chi connectivity index (χ4n) is 1.86. The van der Waals surface area contributed by atoms with Gasteiger partial charge in [-0.3, -0.25) is 9.78 Å². The third kappa shape index (κ3) is 3.91. The molecule has 0 saturated carbocycles. The summed E-state index contributed by atoms with van der Waals surface area (Å²) in [6.07, 6.45) is 3.06. The second-order valence-electron chi connectivity index (χ2n) is 4.59. The van der Waals surface area contributed by atoms with Gasteiger partial charge in [0.1, 0.15) is 0 Å². The van der Waals surface area contributed by atoms with Crippen molar-refractivity contribution in [3.8, 4) is 0 Å². The second-order valence-corrected chi connectivity index (χ2v) is 4.59. The van der Waals surface area contributed by atoms with Crippen molar-refractivity contribution in [2.24, 2.45) is 0 Å². The molecule has 0 aliphatic heterocycles. The van der Waals surface area contributed by atoms with Gasteiger partial charge in [-0.25, -0.2) is 0 Å². The highest BCUT2D eigenvalue weighted by Crippen LogP contribution is 2.11. The zero-order valence-corrected chi connectivity index (χ0v) is 11.3. The Balaban J connectivity index is 1.99. The first-order valence-electron chi connectivity index (χ1n) is 6.47. The minimum absolute atomic E-state index is 0.0149. The van der Waals surface area contributed by atoms with E-state index in [1.807, 2.05) is 37.3 Å². The Morgan fingerprint density at radius 3 is 2.74 bits per heavy atom. The van der Waals surface area contributed by atoms with E-state index in [2.05, 4.69) is 23.3 Å². The molecule has 1 N–H and O–H groups in total. The van der Waals surface area contributed by atoms with Gasteiger partial charge in [-0.15, -0.1) is 0 Å². The monoisotopic (exact) mass is 254 g/mol. The van der Waals surface area contributed by atoms with E-state index in [4.69, 9.17) is 0 Å². The summed E-state index contributed by atoms with van der Waals surface area (Å²) >= 11 is 0. The third-order valence-corrected chi connectivity index (χ3v) is 2.96. The maximum atomic E-state index is 11.9. The van der Waals surface area contributed by atoms with Crippen molar-refractivity contribution in [3.05, 3.63) is 59.4 Å². The van der Waals surface area contributed by atoms with Crippen LogP contribution in [0.15, 0.2) is 42.6 Å². The predicted octanol–water partition coefficient (Wildman–Crippen LogP) is 3.13. The van der Waals surface area contributed by atoms with Gasteiger partial charge in [-0.1, -0.05) is 25.1 Å². The summed E-state index contributed by atoms with van der Waals surface area (Å²) in [6, 6.07) is 11.8. The molecular weight excluding hydrogens is 236 g/mol. The van der Waals surface area contributed by atoms with E-state index in [-0.39, 0.29) is 5.91 Å². The summed E-state index contributed by atoms with van der Waals surface area (Å²) in [7, 11) is 0. The Labute approximate surface area is 113 Å². The lowest BCUT2D eigenvalue weighted by atomic mass is 10.1. The fourth-order valence-corrected chi connectivity index (χ4v) is 1.86. The number of nitrogens with zero attached hydrogens (tertiary/aromatic N) is 1. The van der Waals surface area contributed by atoms with Gasteiger partial charge < -0.3 is 5.32 Å². The predicted molar refractivity (Wildman–Crippen MR) is 77.1 cm³/mol. The van der Waals surface area contributed by atoms with Crippen molar-refractivity contribution in [2.75, 3.05) is 5.32 Å². The number of anilines is 1. The molecule has 0 bridgehead atoms. The summed E-state index contributed by atoms with van der Waals surface area (Å²) in [5, 5.41) is 2.91. The van der Waals surface area contributed by atoms with E-state index in [0.717, 1.165) is 23.4 Å². The molecule has 19 heavy (non-hydrogen) atoms. The third-order valence-electron chi connectivity index (χ3n) is 2.96. The van der Waals surface area contributed by atoms with Crippen molar-refractivity contribution < 1.29 is 4.79 Å². The number of hydrogen-bond donors (Lipinski definition) is 1. The highest BCUT2D eigenvalue weighted by Gasteiger charge is 2.04. The number of carbonyl (C=O) groups is 1. The van der Waals surface area contributed by atoms with E-state index >= 15 is 0 Å². The molecule has 1 aromatic heterocycles. The van der Waals surface area contributed by atoms with E-state index < -0.39 is 0 Å². The summed E-state index contributed by atoms with van der Waals surface area (Å²) in [5.74, 6) is -0.0149. The van der Waals surface area contributed by atoms with Gasteiger partial charge >= 0.3 is 0 Å². The number of pyridine rings is 1. The molecule has 2 aromatic rings. The standard InChI is InChI=1S/C16H18N2O/c1-3-13-5-4-6-15(9-13)18-16(19)10-14-8-7-12(2)17-11-14/h4-9,11H,3,10H2,1-2H3,(H,18,19). The maximum absolute atomic E-state index is 11.9. The molecule has 0 aliphatic rings. The van der Waals surface area contributed by atoms with Crippen molar-refractivity contribution >= 4 is 11.6 Å². The number of carbonyl (C=O) groups excluding carboxylic acids is 1. The van der Waals surface area contributed by atoms with E-state index in [0.29, 0.717) is 6.42 Å². The fraction of sp³-hybridized carbons (Fsp3) is 0.250. The second kappa shape index (κ2) is 6.14. The zero-order chi connectivity index (χ0) is 13.7. The Morgan fingerprint density at radius 2 is 2.05 bits per heavy atom. The Bertz CT molecular complexity index is 561. The van der Waals surface area contributed by atoms with Crippen LogP contribution in [-0.2, 0) is 17.6 Å². The van der Waals surface area contributed by atoms with Crippen LogP contribution >= 0.6 is 0 Å². The highest BCUT2D eigenvalue weighted by atomic mass is 16.1. The molecule has 0 fully saturated rings. The minimum atomic E-state index is -0.0149. The average molecular weight is 254 g/mol. The van der Waals surface area contributed by atoms with Crippen LogP contribution in [0.2, 0.25) is 0 Å². The van der Waals surface area contributed by atoms with Gasteiger partial charge in [0, 0.05) is 17.6 Å². The highest BCUT2D eigenvalue weighted by molar-refractivity contribution is 5.92. The van der Waals surface area contributed by atoms with Gasteiger partial charge in [0.25, 0.3) is 0 Å². The van der Waals surface area contributed by atoms with Crippen LogP contribution < -0.4 is 5.32 Å². The molecule has 0 spiro atoms. The van der Waals surface area contributed by atoms with Crippen LogP contribution in [0.3, 0.4) is 0 Å². The number of aromatic nitrogens is 1. The minimum Gasteiger partial charge on any atom is -0.326 e. The van der Waals surface area contributed by atoms with Gasteiger partial charge in [0.2, 0.25) is 5.91 Å². The smallest absolute Gasteiger partial charge is 0.228 e. The summed E-state index contributed by atoms with van der Waals surface area (Å²) in [6.45, 7) is 4.03. The molecule has 2 rings (SSSR count).